The van der Waals surface area contributed by atoms with Gasteiger partial charge < -0.3 is 19.6 Å². The molecule has 4 heterocycles. The maximum absolute atomic E-state index is 2.49. The Hall–Kier alpha value is -2.14. The van der Waals surface area contributed by atoms with Crippen molar-refractivity contribution >= 4 is 106 Å². The normalized spacial score (nSPS) is 13.0. The van der Waals surface area contributed by atoms with Crippen molar-refractivity contribution in [1.29, 1.82) is 0 Å². The molecule has 4 aromatic heterocycles. The Labute approximate surface area is 276 Å². The molecule has 0 atom stereocenters. The summed E-state index contributed by atoms with van der Waals surface area (Å²) < 4.78 is 8.43. The topological polar surface area (TPSA) is 13.0 Å². The van der Waals surface area contributed by atoms with Crippen LogP contribution in [0.4, 0.5) is 0 Å². The minimum Gasteiger partial charge on any atom is -0.309 e. The third-order valence-corrected chi connectivity index (χ3v) is 13.0. The van der Waals surface area contributed by atoms with Gasteiger partial charge >= 0.3 is 0 Å². The number of benzene rings is 3. The lowest BCUT2D eigenvalue weighted by Gasteiger charge is -2.17. The van der Waals surface area contributed by atoms with Gasteiger partial charge in [0.05, 0.1) is 0 Å². The average molecular weight is 659 g/mol. The highest BCUT2D eigenvalue weighted by Gasteiger charge is 2.19. The maximum atomic E-state index is 2.49. The molecule has 8 heteroatoms. The lowest BCUT2D eigenvalue weighted by Crippen LogP contribution is -2.23. The van der Waals surface area contributed by atoms with E-state index in [-0.39, 0.29) is 0 Å². The van der Waals surface area contributed by atoms with Crippen molar-refractivity contribution in [3.63, 3.8) is 0 Å². The number of rotatable bonds is 12. The first-order chi connectivity index (χ1) is 21.2. The molecule has 0 aliphatic heterocycles. The average Bonchev–Trinajstić information content (AvgIpc) is 3.72. The van der Waals surface area contributed by atoms with E-state index in [2.05, 4.69) is 110 Å². The molecule has 4 nitrogen and oxygen atoms in total. The van der Waals surface area contributed by atoms with E-state index in [4.69, 9.17) is 0 Å². The SMILES string of the molecule is CN(C)CCCN(C)Cc1cc2c(ccc3sc4ccc5sc6ccc7sc(CN(C)CCCN(C)C)cc7c6c5c4c32)s1. The fourth-order valence-electron chi connectivity index (χ4n) is 6.60. The molecule has 0 aliphatic carbocycles. The highest BCUT2D eigenvalue weighted by Crippen LogP contribution is 2.49. The monoisotopic (exact) mass is 658 g/mol. The second-order valence-electron chi connectivity index (χ2n) is 12.9. The van der Waals surface area contributed by atoms with Crippen LogP contribution in [0.3, 0.4) is 0 Å². The van der Waals surface area contributed by atoms with Crippen molar-refractivity contribution in [1.82, 2.24) is 19.6 Å². The number of hydrogen-bond donors (Lipinski definition) is 0. The molecule has 0 radical (unpaired) electrons. The van der Waals surface area contributed by atoms with Gasteiger partial charge in [-0.2, -0.15) is 0 Å². The largest absolute Gasteiger partial charge is 0.309 e. The van der Waals surface area contributed by atoms with E-state index >= 15 is 0 Å². The molecular weight excluding hydrogens is 617 g/mol. The first-order valence-electron chi connectivity index (χ1n) is 15.6. The van der Waals surface area contributed by atoms with Gasteiger partial charge in [0.1, 0.15) is 0 Å². The van der Waals surface area contributed by atoms with E-state index < -0.39 is 0 Å². The molecule has 0 saturated carbocycles. The Kier molecular flexibility index (Phi) is 8.72. The zero-order chi connectivity index (χ0) is 30.5. The van der Waals surface area contributed by atoms with Crippen LogP contribution in [0, 0.1) is 0 Å². The third-order valence-electron chi connectivity index (χ3n) is 8.64. The Morgan fingerprint density at radius 3 is 1.18 bits per heavy atom. The van der Waals surface area contributed by atoms with E-state index in [1.165, 1.54) is 83.1 Å². The Bertz CT molecular complexity index is 1940. The van der Waals surface area contributed by atoms with Gasteiger partial charge in [-0.15, -0.1) is 45.3 Å². The van der Waals surface area contributed by atoms with Crippen LogP contribution < -0.4 is 0 Å². The molecule has 0 bridgehead atoms. The van der Waals surface area contributed by atoms with E-state index in [0.717, 1.165) is 39.3 Å². The summed E-state index contributed by atoms with van der Waals surface area (Å²) in [5.41, 5.74) is 0. The highest BCUT2D eigenvalue weighted by molar-refractivity contribution is 7.28. The van der Waals surface area contributed by atoms with Gasteiger partial charge in [-0.1, -0.05) is 0 Å². The molecule has 0 fully saturated rings. The first-order valence-corrected chi connectivity index (χ1v) is 18.8. The fourth-order valence-corrected chi connectivity index (χ4v) is 11.2. The summed E-state index contributed by atoms with van der Waals surface area (Å²) in [7, 11) is 13.2. The van der Waals surface area contributed by atoms with Crippen LogP contribution in [0.5, 0.6) is 0 Å². The molecular formula is C36H42N4S4. The van der Waals surface area contributed by atoms with E-state index in [1.807, 2.05) is 45.3 Å². The second-order valence-corrected chi connectivity index (χ2v) is 17.4. The van der Waals surface area contributed by atoms with Gasteiger partial charge in [0.25, 0.3) is 0 Å². The lowest BCUT2D eigenvalue weighted by molar-refractivity contribution is 0.296. The molecule has 7 aromatic rings. The van der Waals surface area contributed by atoms with Crippen molar-refractivity contribution in [3.8, 4) is 0 Å². The van der Waals surface area contributed by atoms with Crippen LogP contribution in [-0.4, -0.2) is 88.1 Å². The summed E-state index contributed by atoms with van der Waals surface area (Å²) >= 11 is 7.85. The molecule has 0 unspecified atom stereocenters. The molecule has 230 valence electrons. The standard InChI is InChI=1S/C36H42N4S4/c1-37(2)15-7-17-39(5)21-23-19-25-27(41-23)9-11-29-33(25)35-31(43-29)13-14-32-36(35)34-26-20-24(22-40(6)18-8-16-38(3)4)42-28(26)10-12-30(34)44-32/h9-14,19-20H,7-8,15-18,21-22H2,1-6H3. The van der Waals surface area contributed by atoms with Gasteiger partial charge in [0.15, 0.2) is 0 Å². The smallest absolute Gasteiger partial charge is 0.0362 e. The minimum atomic E-state index is 1.01. The number of hydrogen-bond acceptors (Lipinski definition) is 8. The van der Waals surface area contributed by atoms with Crippen molar-refractivity contribution < 1.29 is 0 Å². The van der Waals surface area contributed by atoms with Crippen molar-refractivity contribution in [3.05, 3.63) is 58.3 Å². The van der Waals surface area contributed by atoms with Gasteiger partial charge in [-0.3, -0.25) is 0 Å². The molecule has 0 N–H and O–H groups in total. The lowest BCUT2D eigenvalue weighted by atomic mass is 10.0. The summed E-state index contributed by atoms with van der Waals surface area (Å²) in [6.07, 6.45) is 2.39. The Morgan fingerprint density at radius 1 is 0.432 bits per heavy atom. The minimum absolute atomic E-state index is 1.01. The molecule has 0 aliphatic rings. The predicted molar refractivity (Wildman–Crippen MR) is 202 cm³/mol. The van der Waals surface area contributed by atoms with Crippen LogP contribution >= 0.6 is 45.3 Å². The van der Waals surface area contributed by atoms with Crippen molar-refractivity contribution in [2.45, 2.75) is 25.9 Å². The van der Waals surface area contributed by atoms with Crippen molar-refractivity contribution in [2.75, 3.05) is 68.5 Å². The van der Waals surface area contributed by atoms with Gasteiger partial charge in [0, 0.05) is 83.4 Å². The molecule has 0 spiro atoms. The molecule has 0 amide bonds. The summed E-state index contributed by atoms with van der Waals surface area (Å²) in [5.74, 6) is 0. The van der Waals surface area contributed by atoms with Crippen LogP contribution in [0.15, 0.2) is 48.5 Å². The van der Waals surface area contributed by atoms with Crippen LogP contribution in [0.2, 0.25) is 0 Å². The third kappa shape index (κ3) is 5.92. The molecule has 0 saturated heterocycles. The number of nitrogens with zero attached hydrogens (tertiary/aromatic N) is 4. The summed E-state index contributed by atoms with van der Waals surface area (Å²) in [5, 5.41) is 8.70. The summed E-state index contributed by atoms with van der Waals surface area (Å²) in [4.78, 5) is 12.4. The van der Waals surface area contributed by atoms with E-state index in [9.17, 15) is 0 Å². The predicted octanol–water partition coefficient (Wildman–Crippen LogP) is 9.62. The van der Waals surface area contributed by atoms with Crippen LogP contribution in [-0.2, 0) is 13.1 Å². The second kappa shape index (κ2) is 12.6. The quantitative estimate of drug-likeness (QED) is 0.130. The van der Waals surface area contributed by atoms with Gasteiger partial charge in [0.2, 0.25) is 0 Å². The van der Waals surface area contributed by atoms with Crippen LogP contribution in [0.25, 0.3) is 60.5 Å². The Balaban J connectivity index is 1.32. The maximum Gasteiger partial charge on any atom is 0.0362 e. The number of thiophene rings is 4. The van der Waals surface area contributed by atoms with Crippen molar-refractivity contribution in [2.24, 2.45) is 0 Å². The van der Waals surface area contributed by atoms with Gasteiger partial charge in [-0.25, -0.2) is 0 Å². The zero-order valence-electron chi connectivity index (χ0n) is 26.7. The summed E-state index contributed by atoms with van der Waals surface area (Å²) in [6, 6.07) is 19.2. The Morgan fingerprint density at radius 2 is 0.795 bits per heavy atom. The zero-order valence-corrected chi connectivity index (χ0v) is 30.0. The molecule has 44 heavy (non-hydrogen) atoms. The first kappa shape index (κ1) is 30.5. The number of fused-ring (bicyclic) bond motifs is 11. The fraction of sp³-hybridized carbons (Fsp3) is 0.389. The van der Waals surface area contributed by atoms with Gasteiger partial charge in [-0.05, 0) is 130 Å². The van der Waals surface area contributed by atoms with E-state index in [0.29, 0.717) is 0 Å². The summed E-state index contributed by atoms with van der Waals surface area (Å²) in [6.45, 7) is 6.53. The van der Waals surface area contributed by atoms with Crippen LogP contribution in [0.1, 0.15) is 22.6 Å². The molecule has 7 rings (SSSR count). The highest BCUT2D eigenvalue weighted by atomic mass is 32.1. The van der Waals surface area contributed by atoms with E-state index in [1.54, 1.807) is 0 Å². The molecule has 3 aromatic carbocycles.